The van der Waals surface area contributed by atoms with Gasteiger partial charge in [-0.25, -0.2) is 0 Å². The SMILES string of the molecule is CC(=O)N1CCC(NC(=O)c2cnc3ccc(/C(C=N)=C/N)cc3c2NC(C)C)CC1. The molecule has 2 amide bonds. The van der Waals surface area contributed by atoms with Gasteiger partial charge in [0.15, 0.2) is 0 Å². The van der Waals surface area contributed by atoms with Crippen LogP contribution in [-0.4, -0.2) is 53.1 Å². The molecule has 8 heteroatoms. The second-order valence-corrected chi connectivity index (χ2v) is 8.10. The lowest BCUT2D eigenvalue weighted by Crippen LogP contribution is -2.46. The second-order valence-electron chi connectivity index (χ2n) is 8.10. The third-order valence-electron chi connectivity index (χ3n) is 5.49. The molecule has 31 heavy (non-hydrogen) atoms. The van der Waals surface area contributed by atoms with E-state index in [4.69, 9.17) is 11.1 Å². The molecule has 1 aliphatic rings. The van der Waals surface area contributed by atoms with Gasteiger partial charge in [0.05, 0.1) is 16.8 Å². The average molecular weight is 423 g/mol. The number of fused-ring (bicyclic) bond motifs is 1. The molecule has 0 bridgehead atoms. The van der Waals surface area contributed by atoms with Gasteiger partial charge >= 0.3 is 0 Å². The normalized spacial score (nSPS) is 15.2. The summed E-state index contributed by atoms with van der Waals surface area (Å²) in [7, 11) is 0. The Balaban J connectivity index is 1.94. The Morgan fingerprint density at radius 1 is 1.29 bits per heavy atom. The van der Waals surface area contributed by atoms with Crippen molar-refractivity contribution in [3.05, 3.63) is 41.7 Å². The Labute approximate surface area is 182 Å². The van der Waals surface area contributed by atoms with E-state index in [0.29, 0.717) is 29.9 Å². The molecule has 1 fully saturated rings. The van der Waals surface area contributed by atoms with Crippen LogP contribution in [0.3, 0.4) is 0 Å². The van der Waals surface area contributed by atoms with Crippen LogP contribution in [0.5, 0.6) is 0 Å². The molecule has 0 atom stereocenters. The highest BCUT2D eigenvalue weighted by Gasteiger charge is 2.24. The molecule has 0 aliphatic carbocycles. The van der Waals surface area contributed by atoms with Gasteiger partial charge in [0.25, 0.3) is 5.91 Å². The van der Waals surface area contributed by atoms with Crippen molar-refractivity contribution in [3.8, 4) is 0 Å². The van der Waals surface area contributed by atoms with Crippen LogP contribution >= 0.6 is 0 Å². The number of amides is 2. The van der Waals surface area contributed by atoms with Crippen molar-refractivity contribution in [1.29, 1.82) is 5.41 Å². The number of hydrogen-bond acceptors (Lipinski definition) is 6. The van der Waals surface area contributed by atoms with Gasteiger partial charge in [-0.1, -0.05) is 6.07 Å². The van der Waals surface area contributed by atoms with Crippen molar-refractivity contribution in [2.24, 2.45) is 5.73 Å². The highest BCUT2D eigenvalue weighted by Crippen LogP contribution is 2.29. The number of rotatable bonds is 6. The van der Waals surface area contributed by atoms with Crippen molar-refractivity contribution >= 4 is 40.2 Å². The number of nitrogens with one attached hydrogen (secondary N) is 3. The maximum absolute atomic E-state index is 13.2. The summed E-state index contributed by atoms with van der Waals surface area (Å²) in [5.41, 5.74) is 8.96. The summed E-state index contributed by atoms with van der Waals surface area (Å²) in [5, 5.41) is 14.9. The van der Waals surface area contributed by atoms with E-state index >= 15 is 0 Å². The maximum atomic E-state index is 13.2. The maximum Gasteiger partial charge on any atom is 0.255 e. The number of benzene rings is 1. The van der Waals surface area contributed by atoms with Crippen LogP contribution in [0.15, 0.2) is 30.6 Å². The molecule has 2 heterocycles. The summed E-state index contributed by atoms with van der Waals surface area (Å²) < 4.78 is 0. The number of nitrogens with zero attached hydrogens (tertiary/aromatic N) is 2. The van der Waals surface area contributed by atoms with Gasteiger partial charge in [-0.2, -0.15) is 0 Å². The monoisotopic (exact) mass is 422 g/mol. The molecular weight excluding hydrogens is 392 g/mol. The average Bonchev–Trinajstić information content (AvgIpc) is 2.75. The summed E-state index contributed by atoms with van der Waals surface area (Å²) in [6.07, 6.45) is 5.65. The first-order chi connectivity index (χ1) is 14.8. The lowest BCUT2D eigenvalue weighted by Gasteiger charge is -2.31. The number of nitrogens with two attached hydrogens (primary N) is 1. The summed E-state index contributed by atoms with van der Waals surface area (Å²) in [5.74, 6) is -0.121. The minimum absolute atomic E-state index is 0.0155. The predicted molar refractivity (Wildman–Crippen MR) is 124 cm³/mol. The minimum Gasteiger partial charge on any atom is -0.404 e. The second kappa shape index (κ2) is 9.59. The largest absolute Gasteiger partial charge is 0.404 e. The molecule has 0 saturated carbocycles. The van der Waals surface area contributed by atoms with Gasteiger partial charge in [0, 0.05) is 61.7 Å². The van der Waals surface area contributed by atoms with Crippen LogP contribution in [0.25, 0.3) is 16.5 Å². The van der Waals surface area contributed by atoms with E-state index in [9.17, 15) is 9.59 Å². The number of carbonyl (C=O) groups excluding carboxylic acids is 2. The minimum atomic E-state index is -0.189. The molecule has 0 radical (unpaired) electrons. The topological polar surface area (TPSA) is 124 Å². The van der Waals surface area contributed by atoms with Crippen molar-refractivity contribution < 1.29 is 9.59 Å². The van der Waals surface area contributed by atoms with E-state index in [0.717, 1.165) is 29.3 Å². The lowest BCUT2D eigenvalue weighted by molar-refractivity contribution is -0.129. The van der Waals surface area contributed by atoms with Crippen molar-refractivity contribution in [1.82, 2.24) is 15.2 Å². The van der Waals surface area contributed by atoms with Gasteiger partial charge < -0.3 is 26.7 Å². The third-order valence-corrected chi connectivity index (χ3v) is 5.49. The zero-order chi connectivity index (χ0) is 22.5. The number of anilines is 1. The standard InChI is InChI=1S/C23H30N6O2/c1-14(2)27-22-19-10-16(17(11-24)12-25)4-5-21(19)26-13-20(22)23(31)28-18-6-8-29(9-7-18)15(3)30/h4-5,10-14,18,24H,6-9,25H2,1-3H3,(H,26,27)(H,28,31)/b17-12+,24-11?. The first kappa shape index (κ1) is 22.3. The first-order valence-electron chi connectivity index (χ1n) is 10.5. The molecule has 8 nitrogen and oxygen atoms in total. The van der Waals surface area contributed by atoms with E-state index in [1.165, 1.54) is 12.4 Å². The van der Waals surface area contributed by atoms with Crippen molar-refractivity contribution in [2.75, 3.05) is 18.4 Å². The van der Waals surface area contributed by atoms with E-state index in [-0.39, 0.29) is 23.9 Å². The zero-order valence-corrected chi connectivity index (χ0v) is 18.2. The van der Waals surface area contributed by atoms with Crippen LogP contribution in [0, 0.1) is 5.41 Å². The zero-order valence-electron chi connectivity index (χ0n) is 18.2. The van der Waals surface area contributed by atoms with E-state index in [1.807, 2.05) is 32.0 Å². The van der Waals surface area contributed by atoms with Gasteiger partial charge in [-0.05, 0) is 44.4 Å². The van der Waals surface area contributed by atoms with Crippen LogP contribution < -0.4 is 16.4 Å². The van der Waals surface area contributed by atoms with Gasteiger partial charge in [-0.3, -0.25) is 14.6 Å². The third kappa shape index (κ3) is 5.02. The van der Waals surface area contributed by atoms with E-state index < -0.39 is 0 Å². The Bertz CT molecular complexity index is 1020. The number of carbonyl (C=O) groups is 2. The van der Waals surface area contributed by atoms with Crippen LogP contribution in [0.2, 0.25) is 0 Å². The smallest absolute Gasteiger partial charge is 0.255 e. The Morgan fingerprint density at radius 3 is 2.58 bits per heavy atom. The Kier molecular flexibility index (Phi) is 6.89. The quantitative estimate of drug-likeness (QED) is 0.533. The molecule has 1 aliphatic heterocycles. The number of likely N-dealkylation sites (tertiary alicyclic amines) is 1. The van der Waals surface area contributed by atoms with Gasteiger partial charge in [-0.15, -0.1) is 0 Å². The van der Waals surface area contributed by atoms with E-state index in [2.05, 4.69) is 15.6 Å². The fraction of sp³-hybridized carbons (Fsp3) is 0.391. The molecule has 1 aromatic heterocycles. The number of pyridine rings is 1. The lowest BCUT2D eigenvalue weighted by atomic mass is 10.0. The fourth-order valence-electron chi connectivity index (χ4n) is 3.82. The van der Waals surface area contributed by atoms with Crippen molar-refractivity contribution in [2.45, 2.75) is 45.7 Å². The Hall–Kier alpha value is -3.42. The van der Waals surface area contributed by atoms with Crippen LogP contribution in [0.4, 0.5) is 5.69 Å². The van der Waals surface area contributed by atoms with Crippen LogP contribution in [-0.2, 0) is 4.79 Å². The molecular formula is C23H30N6O2. The van der Waals surface area contributed by atoms with Gasteiger partial charge in [0.1, 0.15) is 0 Å². The van der Waals surface area contributed by atoms with Crippen LogP contribution in [0.1, 0.15) is 49.5 Å². The van der Waals surface area contributed by atoms with Crippen molar-refractivity contribution in [3.63, 3.8) is 0 Å². The fourth-order valence-corrected chi connectivity index (χ4v) is 3.82. The highest BCUT2D eigenvalue weighted by molar-refractivity contribution is 6.11. The van der Waals surface area contributed by atoms with Gasteiger partial charge in [0.2, 0.25) is 5.91 Å². The molecule has 2 aromatic rings. The summed E-state index contributed by atoms with van der Waals surface area (Å²) in [6, 6.07) is 5.75. The molecule has 164 valence electrons. The molecule has 0 unspecified atom stereocenters. The summed E-state index contributed by atoms with van der Waals surface area (Å²) in [4.78, 5) is 31.0. The number of aromatic nitrogens is 1. The predicted octanol–water partition coefficient (Wildman–Crippen LogP) is 2.74. The Morgan fingerprint density at radius 2 is 2.00 bits per heavy atom. The number of allylic oxidation sites excluding steroid dienone is 1. The first-order valence-corrected chi connectivity index (χ1v) is 10.5. The summed E-state index contributed by atoms with van der Waals surface area (Å²) >= 11 is 0. The number of hydrogen-bond donors (Lipinski definition) is 4. The molecule has 0 spiro atoms. The molecule has 1 aromatic carbocycles. The highest BCUT2D eigenvalue weighted by atomic mass is 16.2. The molecule has 3 rings (SSSR count). The molecule has 5 N–H and O–H groups in total. The number of piperidine rings is 1. The molecule has 1 saturated heterocycles. The summed E-state index contributed by atoms with van der Waals surface area (Å²) in [6.45, 7) is 6.89. The van der Waals surface area contributed by atoms with E-state index in [1.54, 1.807) is 18.0 Å².